The van der Waals surface area contributed by atoms with Gasteiger partial charge in [-0.1, -0.05) is 48.2 Å². The largest absolute Gasteiger partial charge is 0.379 e. The first-order valence-corrected chi connectivity index (χ1v) is 12.6. The summed E-state index contributed by atoms with van der Waals surface area (Å²) in [4.78, 5) is 37.0. The molecule has 2 N–H and O–H groups in total. The molecule has 0 radical (unpaired) electrons. The zero-order valence-electron chi connectivity index (χ0n) is 20.3. The first kappa shape index (κ1) is 25.1. The van der Waals surface area contributed by atoms with Gasteiger partial charge in [0, 0.05) is 24.2 Å². The Balaban J connectivity index is 1.40. The molecule has 1 atom stereocenters. The molecule has 1 aromatic heterocycles. The molecule has 8 nitrogen and oxygen atoms in total. The van der Waals surface area contributed by atoms with Crippen molar-refractivity contribution < 1.29 is 14.3 Å². The van der Waals surface area contributed by atoms with Crippen molar-refractivity contribution in [2.24, 2.45) is 0 Å². The molecule has 3 aromatic rings. The number of hydrogen-bond acceptors (Lipinski definition) is 7. The van der Waals surface area contributed by atoms with E-state index in [4.69, 9.17) is 14.7 Å². The van der Waals surface area contributed by atoms with Crippen molar-refractivity contribution in [2.75, 3.05) is 38.2 Å². The van der Waals surface area contributed by atoms with Crippen LogP contribution in [0.4, 0.5) is 5.69 Å². The third-order valence-electron chi connectivity index (χ3n) is 5.91. The maximum absolute atomic E-state index is 12.8. The second-order valence-electron chi connectivity index (χ2n) is 8.64. The molecule has 0 aliphatic carbocycles. The van der Waals surface area contributed by atoms with Gasteiger partial charge in [-0.3, -0.25) is 14.5 Å². The third-order valence-corrected chi connectivity index (χ3v) is 7.01. The number of carbonyl (C=O) groups is 2. The van der Waals surface area contributed by atoms with Gasteiger partial charge in [0.25, 0.3) is 0 Å². The van der Waals surface area contributed by atoms with Crippen molar-refractivity contribution in [1.29, 1.82) is 0 Å². The summed E-state index contributed by atoms with van der Waals surface area (Å²) in [5.41, 5.74) is 3.61. The number of thioether (sulfide) groups is 1. The number of aromatic nitrogens is 2. The molecule has 1 unspecified atom stereocenters. The standard InChI is InChI=1S/C26H31N5O3S/c1-17-7-6-8-18(2)24(17)30-23(32)15-27-25(33)19(3)35-26-20-9-4-5-10-21(20)28-22(29-26)16-31-11-13-34-14-12-31/h4-10,19H,11-16H2,1-3H3,(H,27,33)(H,30,32). The Morgan fingerprint density at radius 2 is 1.77 bits per heavy atom. The number of carbonyl (C=O) groups excluding carboxylic acids is 2. The first-order valence-electron chi connectivity index (χ1n) is 11.8. The molecule has 0 bridgehead atoms. The van der Waals surface area contributed by atoms with Gasteiger partial charge in [0.05, 0.1) is 37.1 Å². The highest BCUT2D eigenvalue weighted by molar-refractivity contribution is 8.00. The average Bonchev–Trinajstić information content (AvgIpc) is 2.85. The van der Waals surface area contributed by atoms with Crippen LogP contribution in [-0.4, -0.2) is 64.8 Å². The predicted molar refractivity (Wildman–Crippen MR) is 139 cm³/mol. The zero-order valence-corrected chi connectivity index (χ0v) is 21.2. The molecular formula is C26H31N5O3S. The van der Waals surface area contributed by atoms with Crippen molar-refractivity contribution in [3.63, 3.8) is 0 Å². The summed E-state index contributed by atoms with van der Waals surface area (Å²) in [6.07, 6.45) is 0. The van der Waals surface area contributed by atoms with Gasteiger partial charge >= 0.3 is 0 Å². The van der Waals surface area contributed by atoms with Crippen molar-refractivity contribution >= 4 is 40.2 Å². The molecule has 2 heterocycles. The Morgan fingerprint density at radius 3 is 2.51 bits per heavy atom. The van der Waals surface area contributed by atoms with E-state index in [1.807, 2.05) is 63.2 Å². The normalized spacial score (nSPS) is 15.1. The van der Waals surface area contributed by atoms with Crippen LogP contribution in [-0.2, 0) is 20.9 Å². The van der Waals surface area contributed by atoms with E-state index in [-0.39, 0.29) is 18.4 Å². The summed E-state index contributed by atoms with van der Waals surface area (Å²) in [7, 11) is 0. The molecule has 2 amide bonds. The van der Waals surface area contributed by atoms with Gasteiger partial charge in [0.1, 0.15) is 10.9 Å². The number of ether oxygens (including phenoxy) is 1. The maximum Gasteiger partial charge on any atom is 0.243 e. The smallest absolute Gasteiger partial charge is 0.243 e. The molecule has 0 spiro atoms. The van der Waals surface area contributed by atoms with E-state index in [1.165, 1.54) is 11.8 Å². The second-order valence-corrected chi connectivity index (χ2v) is 9.97. The number of para-hydroxylation sites is 2. The van der Waals surface area contributed by atoms with Crippen molar-refractivity contribution in [1.82, 2.24) is 20.2 Å². The number of rotatable bonds is 8. The highest BCUT2D eigenvalue weighted by atomic mass is 32.2. The van der Waals surface area contributed by atoms with Gasteiger partial charge in [-0.15, -0.1) is 0 Å². The molecule has 1 saturated heterocycles. The van der Waals surface area contributed by atoms with E-state index in [2.05, 4.69) is 15.5 Å². The fourth-order valence-electron chi connectivity index (χ4n) is 3.94. The number of benzene rings is 2. The molecule has 0 saturated carbocycles. The van der Waals surface area contributed by atoms with E-state index < -0.39 is 5.25 Å². The fourth-order valence-corrected chi connectivity index (χ4v) is 4.92. The van der Waals surface area contributed by atoms with Crippen molar-refractivity contribution in [3.8, 4) is 0 Å². The molecule has 9 heteroatoms. The maximum atomic E-state index is 12.8. The van der Waals surface area contributed by atoms with Gasteiger partial charge < -0.3 is 15.4 Å². The molecule has 4 rings (SSSR count). The predicted octanol–water partition coefficient (Wildman–Crippen LogP) is 3.31. The number of nitrogens with one attached hydrogen (secondary N) is 2. The van der Waals surface area contributed by atoms with Crippen LogP contribution in [0.3, 0.4) is 0 Å². The lowest BCUT2D eigenvalue weighted by atomic mass is 10.1. The monoisotopic (exact) mass is 493 g/mol. The van der Waals surface area contributed by atoms with Crippen LogP contribution in [0.2, 0.25) is 0 Å². The molecule has 35 heavy (non-hydrogen) atoms. The van der Waals surface area contributed by atoms with Crippen LogP contribution in [0.25, 0.3) is 10.9 Å². The summed E-state index contributed by atoms with van der Waals surface area (Å²) in [5, 5.41) is 6.90. The van der Waals surface area contributed by atoms with Crippen molar-refractivity contribution in [2.45, 2.75) is 37.6 Å². The SMILES string of the molecule is Cc1cccc(C)c1NC(=O)CNC(=O)C(C)Sc1nc(CN2CCOCC2)nc2ccccc12. The second kappa shape index (κ2) is 11.6. The zero-order chi connectivity index (χ0) is 24.8. The highest BCUT2D eigenvalue weighted by Gasteiger charge is 2.20. The number of morpholine rings is 1. The lowest BCUT2D eigenvalue weighted by Gasteiger charge is -2.26. The molecule has 2 aromatic carbocycles. The quantitative estimate of drug-likeness (QED) is 0.367. The lowest BCUT2D eigenvalue weighted by Crippen LogP contribution is -2.37. The van der Waals surface area contributed by atoms with Gasteiger partial charge in [-0.2, -0.15) is 0 Å². The number of amides is 2. The third kappa shape index (κ3) is 6.56. The fraction of sp³-hybridized carbons (Fsp3) is 0.385. The minimum Gasteiger partial charge on any atom is -0.379 e. The number of aryl methyl sites for hydroxylation is 2. The number of anilines is 1. The minimum atomic E-state index is -0.433. The van der Waals surface area contributed by atoms with E-state index in [9.17, 15) is 9.59 Å². The molecule has 1 aliphatic rings. The van der Waals surface area contributed by atoms with Crippen LogP contribution in [0, 0.1) is 13.8 Å². The summed E-state index contributed by atoms with van der Waals surface area (Å²) >= 11 is 1.38. The Kier molecular flexibility index (Phi) is 8.33. The Morgan fingerprint density at radius 1 is 1.06 bits per heavy atom. The van der Waals surface area contributed by atoms with Gasteiger partial charge in [0.15, 0.2) is 0 Å². The van der Waals surface area contributed by atoms with E-state index in [0.717, 1.165) is 51.7 Å². The summed E-state index contributed by atoms with van der Waals surface area (Å²) in [5.74, 6) is 0.256. The first-order chi connectivity index (χ1) is 16.9. The van der Waals surface area contributed by atoms with Crippen LogP contribution in [0.1, 0.15) is 23.9 Å². The topological polar surface area (TPSA) is 96.5 Å². The van der Waals surface area contributed by atoms with Crippen LogP contribution in [0.15, 0.2) is 47.5 Å². The summed E-state index contributed by atoms with van der Waals surface area (Å²) < 4.78 is 5.44. The van der Waals surface area contributed by atoms with Gasteiger partial charge in [-0.25, -0.2) is 9.97 Å². The summed E-state index contributed by atoms with van der Waals surface area (Å²) in [6, 6.07) is 13.7. The number of fused-ring (bicyclic) bond motifs is 1. The molecular weight excluding hydrogens is 462 g/mol. The number of hydrogen-bond donors (Lipinski definition) is 2. The lowest BCUT2D eigenvalue weighted by molar-refractivity contribution is -0.123. The number of nitrogens with zero attached hydrogens (tertiary/aromatic N) is 3. The van der Waals surface area contributed by atoms with Gasteiger partial charge in [-0.05, 0) is 38.0 Å². The van der Waals surface area contributed by atoms with Crippen LogP contribution in [0.5, 0.6) is 0 Å². The van der Waals surface area contributed by atoms with Crippen molar-refractivity contribution in [3.05, 3.63) is 59.4 Å². The summed E-state index contributed by atoms with van der Waals surface area (Å²) in [6.45, 7) is 9.38. The van der Waals surface area contributed by atoms with E-state index >= 15 is 0 Å². The van der Waals surface area contributed by atoms with Crippen LogP contribution >= 0.6 is 11.8 Å². The Bertz CT molecular complexity index is 1190. The minimum absolute atomic E-state index is 0.0929. The van der Waals surface area contributed by atoms with Crippen LogP contribution < -0.4 is 10.6 Å². The van der Waals surface area contributed by atoms with E-state index in [1.54, 1.807) is 0 Å². The van der Waals surface area contributed by atoms with Gasteiger partial charge in [0.2, 0.25) is 11.8 Å². The Hall–Kier alpha value is -3.01. The molecule has 1 aliphatic heterocycles. The van der Waals surface area contributed by atoms with E-state index in [0.29, 0.717) is 19.8 Å². The molecule has 1 fully saturated rings. The average molecular weight is 494 g/mol. The Labute approximate surface area is 209 Å². The highest BCUT2D eigenvalue weighted by Crippen LogP contribution is 2.29. The molecule has 184 valence electrons.